The first-order valence-electron chi connectivity index (χ1n) is 4.65. The summed E-state index contributed by atoms with van der Waals surface area (Å²) in [6.07, 6.45) is 1.54. The maximum absolute atomic E-state index is 8.31. The zero-order valence-corrected chi connectivity index (χ0v) is 8.72. The summed E-state index contributed by atoms with van der Waals surface area (Å²) in [5, 5.41) is 12.3. The van der Waals surface area contributed by atoms with Gasteiger partial charge < -0.3 is 5.32 Å². The lowest BCUT2D eigenvalue weighted by Crippen LogP contribution is -2.17. The van der Waals surface area contributed by atoms with E-state index in [1.165, 1.54) is 5.56 Å². The van der Waals surface area contributed by atoms with Crippen molar-refractivity contribution < 1.29 is 0 Å². The molecule has 0 spiro atoms. The van der Waals surface area contributed by atoms with Crippen molar-refractivity contribution in [2.24, 2.45) is 0 Å². The Labute approximate surface area is 89.5 Å². The van der Waals surface area contributed by atoms with Gasteiger partial charge >= 0.3 is 0 Å². The van der Waals surface area contributed by atoms with E-state index in [-0.39, 0.29) is 0 Å². The van der Waals surface area contributed by atoms with Gasteiger partial charge in [0.25, 0.3) is 0 Å². The Morgan fingerprint density at radius 2 is 1.93 bits per heavy atom. The standard InChI is InChI=1S/C11H13ClN2/c12-11-4-2-10(3-5-11)6-9-14-8-1-7-13/h2-5,14H,1,6,8-9H2. The number of nitrogens with one attached hydrogen (secondary N) is 1. The molecule has 0 aliphatic carbocycles. The van der Waals surface area contributed by atoms with Gasteiger partial charge in [-0.15, -0.1) is 0 Å². The first-order valence-corrected chi connectivity index (χ1v) is 5.03. The highest BCUT2D eigenvalue weighted by Gasteiger charge is 1.92. The van der Waals surface area contributed by atoms with Gasteiger partial charge in [0.1, 0.15) is 0 Å². The third-order valence-corrected chi connectivity index (χ3v) is 2.17. The van der Waals surface area contributed by atoms with E-state index in [2.05, 4.69) is 11.4 Å². The SMILES string of the molecule is N#CCCNCCc1ccc(Cl)cc1. The summed E-state index contributed by atoms with van der Waals surface area (Å²) in [5.41, 5.74) is 1.26. The molecule has 0 heterocycles. The zero-order valence-electron chi connectivity index (χ0n) is 7.96. The lowest BCUT2D eigenvalue weighted by atomic mass is 10.1. The molecule has 0 aliphatic heterocycles. The normalized spacial score (nSPS) is 9.71. The first kappa shape index (κ1) is 11.0. The van der Waals surface area contributed by atoms with Crippen molar-refractivity contribution in [3.05, 3.63) is 34.9 Å². The van der Waals surface area contributed by atoms with Crippen LogP contribution in [0.5, 0.6) is 0 Å². The van der Waals surface area contributed by atoms with Gasteiger partial charge in [-0.25, -0.2) is 0 Å². The van der Waals surface area contributed by atoms with Crippen LogP contribution in [0.3, 0.4) is 0 Å². The second kappa shape index (κ2) is 6.42. The number of halogens is 1. The van der Waals surface area contributed by atoms with Crippen molar-refractivity contribution in [3.8, 4) is 6.07 Å². The molecule has 1 N–H and O–H groups in total. The van der Waals surface area contributed by atoms with Crippen molar-refractivity contribution in [2.75, 3.05) is 13.1 Å². The van der Waals surface area contributed by atoms with Crippen LogP contribution in [0.1, 0.15) is 12.0 Å². The van der Waals surface area contributed by atoms with Crippen LogP contribution in [-0.4, -0.2) is 13.1 Å². The first-order chi connectivity index (χ1) is 6.83. The lowest BCUT2D eigenvalue weighted by molar-refractivity contribution is 0.692. The Morgan fingerprint density at radius 3 is 2.57 bits per heavy atom. The van der Waals surface area contributed by atoms with Gasteiger partial charge in [-0.1, -0.05) is 23.7 Å². The monoisotopic (exact) mass is 208 g/mol. The summed E-state index contributed by atoms with van der Waals surface area (Å²) in [4.78, 5) is 0. The molecule has 0 atom stereocenters. The Balaban J connectivity index is 2.19. The predicted molar refractivity (Wildman–Crippen MR) is 58.3 cm³/mol. The molecule has 3 heteroatoms. The van der Waals surface area contributed by atoms with E-state index in [9.17, 15) is 0 Å². The van der Waals surface area contributed by atoms with Crippen LogP contribution in [0.15, 0.2) is 24.3 Å². The molecule has 0 unspecified atom stereocenters. The summed E-state index contributed by atoms with van der Waals surface area (Å²) in [6.45, 7) is 1.67. The fraction of sp³-hybridized carbons (Fsp3) is 0.364. The van der Waals surface area contributed by atoms with Gasteiger partial charge in [0.05, 0.1) is 6.07 Å². The summed E-state index contributed by atoms with van der Waals surface area (Å²) in [5.74, 6) is 0. The fourth-order valence-corrected chi connectivity index (χ4v) is 1.28. The second-order valence-corrected chi connectivity index (χ2v) is 3.47. The topological polar surface area (TPSA) is 35.8 Å². The van der Waals surface area contributed by atoms with Crippen molar-refractivity contribution in [3.63, 3.8) is 0 Å². The van der Waals surface area contributed by atoms with E-state index in [1.807, 2.05) is 24.3 Å². The average molecular weight is 209 g/mol. The van der Waals surface area contributed by atoms with Crippen molar-refractivity contribution in [2.45, 2.75) is 12.8 Å². The quantitative estimate of drug-likeness (QED) is 0.755. The molecular weight excluding hydrogens is 196 g/mol. The van der Waals surface area contributed by atoms with Crippen LogP contribution in [0.4, 0.5) is 0 Å². The van der Waals surface area contributed by atoms with Gasteiger partial charge in [0, 0.05) is 18.0 Å². The van der Waals surface area contributed by atoms with Crippen LogP contribution in [0, 0.1) is 11.3 Å². The minimum Gasteiger partial charge on any atom is -0.315 e. The summed E-state index contributed by atoms with van der Waals surface area (Å²) < 4.78 is 0. The maximum Gasteiger partial charge on any atom is 0.0635 e. The van der Waals surface area contributed by atoms with E-state index >= 15 is 0 Å². The van der Waals surface area contributed by atoms with E-state index in [0.29, 0.717) is 6.42 Å². The molecule has 2 nitrogen and oxygen atoms in total. The highest BCUT2D eigenvalue weighted by Crippen LogP contribution is 2.09. The van der Waals surface area contributed by atoms with Gasteiger partial charge in [-0.2, -0.15) is 5.26 Å². The fourth-order valence-electron chi connectivity index (χ4n) is 1.15. The van der Waals surface area contributed by atoms with Gasteiger partial charge in [0.15, 0.2) is 0 Å². The van der Waals surface area contributed by atoms with E-state index in [4.69, 9.17) is 16.9 Å². The van der Waals surface area contributed by atoms with E-state index in [1.54, 1.807) is 0 Å². The molecule has 0 radical (unpaired) electrons. The van der Waals surface area contributed by atoms with Crippen LogP contribution in [0.2, 0.25) is 5.02 Å². The predicted octanol–water partition coefficient (Wildman–Crippen LogP) is 2.39. The highest BCUT2D eigenvalue weighted by atomic mass is 35.5. The molecule has 0 saturated carbocycles. The molecule has 0 saturated heterocycles. The van der Waals surface area contributed by atoms with Crippen molar-refractivity contribution in [1.29, 1.82) is 5.26 Å². The van der Waals surface area contributed by atoms with Crippen LogP contribution in [-0.2, 0) is 6.42 Å². The smallest absolute Gasteiger partial charge is 0.0635 e. The summed E-state index contributed by atoms with van der Waals surface area (Å²) in [6, 6.07) is 9.93. The minimum atomic E-state index is 0.570. The number of nitrogens with zero attached hydrogens (tertiary/aromatic N) is 1. The van der Waals surface area contributed by atoms with Crippen LogP contribution >= 0.6 is 11.6 Å². The number of hydrogen-bond donors (Lipinski definition) is 1. The zero-order chi connectivity index (χ0) is 10.2. The Bertz CT molecular complexity index is 300. The Morgan fingerprint density at radius 1 is 1.21 bits per heavy atom. The molecule has 1 aromatic carbocycles. The van der Waals surface area contributed by atoms with Crippen molar-refractivity contribution >= 4 is 11.6 Å². The Hall–Kier alpha value is -1.04. The minimum absolute atomic E-state index is 0.570. The van der Waals surface area contributed by atoms with Gasteiger partial charge in [0.2, 0.25) is 0 Å². The molecule has 1 rings (SSSR count). The molecule has 0 aliphatic rings. The Kier molecular flexibility index (Phi) is 5.06. The molecule has 14 heavy (non-hydrogen) atoms. The number of nitriles is 1. The number of benzene rings is 1. The van der Waals surface area contributed by atoms with Crippen molar-refractivity contribution in [1.82, 2.24) is 5.32 Å². The summed E-state index contributed by atoms with van der Waals surface area (Å²) >= 11 is 5.76. The molecule has 0 bridgehead atoms. The lowest BCUT2D eigenvalue weighted by Gasteiger charge is -2.02. The van der Waals surface area contributed by atoms with Gasteiger partial charge in [-0.3, -0.25) is 0 Å². The number of hydrogen-bond acceptors (Lipinski definition) is 2. The third-order valence-electron chi connectivity index (χ3n) is 1.92. The van der Waals surface area contributed by atoms with Crippen LogP contribution < -0.4 is 5.32 Å². The third kappa shape index (κ3) is 4.27. The summed E-state index contributed by atoms with van der Waals surface area (Å²) in [7, 11) is 0. The van der Waals surface area contributed by atoms with E-state index in [0.717, 1.165) is 24.5 Å². The highest BCUT2D eigenvalue weighted by molar-refractivity contribution is 6.30. The van der Waals surface area contributed by atoms with E-state index < -0.39 is 0 Å². The largest absolute Gasteiger partial charge is 0.315 e. The average Bonchev–Trinajstić information content (AvgIpc) is 2.21. The number of rotatable bonds is 5. The molecule has 74 valence electrons. The molecule has 0 fully saturated rings. The molecule has 0 amide bonds. The van der Waals surface area contributed by atoms with Crippen LogP contribution in [0.25, 0.3) is 0 Å². The maximum atomic E-state index is 8.31. The van der Waals surface area contributed by atoms with Gasteiger partial charge in [-0.05, 0) is 30.7 Å². The molecule has 0 aromatic heterocycles. The molecule has 1 aromatic rings. The second-order valence-electron chi connectivity index (χ2n) is 3.03. The molecular formula is C11H13ClN2.